The maximum absolute atomic E-state index is 10.3. The lowest BCUT2D eigenvalue weighted by Gasteiger charge is -2.07. The summed E-state index contributed by atoms with van der Waals surface area (Å²) in [6, 6.07) is -0.758. The molecule has 6 heteroatoms. The number of rotatable bonds is 5. The van der Waals surface area contributed by atoms with Gasteiger partial charge >= 0.3 is 11.9 Å². The van der Waals surface area contributed by atoms with Gasteiger partial charge in [0.15, 0.2) is 0 Å². The van der Waals surface area contributed by atoms with Gasteiger partial charge in [-0.1, -0.05) is 0 Å². The molecule has 72 valence electrons. The van der Waals surface area contributed by atoms with E-state index in [2.05, 4.69) is 5.32 Å². The van der Waals surface area contributed by atoms with Gasteiger partial charge in [-0.25, -0.2) is 0 Å². The highest BCUT2D eigenvalue weighted by atomic mass is 35.5. The number of carbonyl (C=O) groups is 2. The van der Waals surface area contributed by atoms with Crippen molar-refractivity contribution in [3.05, 3.63) is 0 Å². The van der Waals surface area contributed by atoms with E-state index < -0.39 is 18.0 Å². The number of nitrogens with one attached hydrogen (secondary N) is 1. The summed E-state index contributed by atoms with van der Waals surface area (Å²) in [5, 5.41) is 19.1. The van der Waals surface area contributed by atoms with Crippen LogP contribution in [0.25, 0.3) is 0 Å². The number of halogens is 1. The molecule has 1 atom stereocenters. The summed E-state index contributed by atoms with van der Waals surface area (Å²) in [5.41, 5.74) is 0. The van der Waals surface area contributed by atoms with Crippen LogP contribution >= 0.6 is 12.4 Å². The summed E-state index contributed by atoms with van der Waals surface area (Å²) in [4.78, 5) is 20.3. The third-order valence-electron chi connectivity index (χ3n) is 1.29. The second kappa shape index (κ2) is 6.87. The molecular weight excluding hydrogens is 186 g/mol. The van der Waals surface area contributed by atoms with E-state index in [-0.39, 0.29) is 25.2 Å². The van der Waals surface area contributed by atoms with E-state index in [0.29, 0.717) is 0 Å². The van der Waals surface area contributed by atoms with Crippen molar-refractivity contribution in [3.8, 4) is 0 Å². The minimum absolute atomic E-state index is 0. The Bertz CT molecular complexity index is 162. The van der Waals surface area contributed by atoms with Crippen molar-refractivity contribution in [1.82, 2.24) is 5.32 Å². The predicted molar refractivity (Wildman–Crippen MR) is 44.6 cm³/mol. The van der Waals surface area contributed by atoms with Gasteiger partial charge in [0.2, 0.25) is 0 Å². The fourth-order valence-electron chi connectivity index (χ4n) is 0.659. The highest BCUT2D eigenvalue weighted by Gasteiger charge is 2.15. The molecule has 0 radical (unpaired) electrons. The van der Waals surface area contributed by atoms with Crippen molar-refractivity contribution in [2.45, 2.75) is 18.9 Å². The molecule has 3 N–H and O–H groups in total. The second-order valence-electron chi connectivity index (χ2n) is 2.11. The van der Waals surface area contributed by atoms with Crippen molar-refractivity contribution in [2.24, 2.45) is 0 Å². The van der Waals surface area contributed by atoms with Crippen LogP contribution in [0, 0.1) is 0 Å². The number of hydrogen-bond donors (Lipinski definition) is 3. The third-order valence-corrected chi connectivity index (χ3v) is 1.29. The maximum atomic E-state index is 10.3. The number of carboxylic acid groups (broad SMARTS) is 2. The SMILES string of the molecule is CN[C@@H](CCC(=O)O)C(=O)O.Cl. The van der Waals surface area contributed by atoms with Crippen LogP contribution < -0.4 is 5.32 Å². The topological polar surface area (TPSA) is 86.6 Å². The smallest absolute Gasteiger partial charge is 0.320 e. The molecule has 0 bridgehead atoms. The van der Waals surface area contributed by atoms with Crippen LogP contribution in [0.5, 0.6) is 0 Å². The number of hydrogen-bond acceptors (Lipinski definition) is 3. The van der Waals surface area contributed by atoms with Crippen LogP contribution in [-0.4, -0.2) is 35.2 Å². The van der Waals surface area contributed by atoms with Crippen molar-refractivity contribution < 1.29 is 19.8 Å². The van der Waals surface area contributed by atoms with E-state index in [1.165, 1.54) is 7.05 Å². The van der Waals surface area contributed by atoms with Crippen LogP contribution in [0.4, 0.5) is 0 Å². The molecule has 5 nitrogen and oxygen atoms in total. The predicted octanol–water partition coefficient (Wildman–Crippen LogP) is -0.0544. The molecule has 12 heavy (non-hydrogen) atoms. The Kier molecular flexibility index (Phi) is 7.88. The second-order valence-corrected chi connectivity index (χ2v) is 2.11. The van der Waals surface area contributed by atoms with Crippen LogP contribution in [-0.2, 0) is 9.59 Å². The normalized spacial score (nSPS) is 11.4. The molecule has 0 aliphatic rings. The van der Waals surface area contributed by atoms with Gasteiger partial charge in [-0.05, 0) is 13.5 Å². The standard InChI is InChI=1S/C6H11NO4.ClH/c1-7-4(6(10)11)2-3-5(8)9;/h4,7H,2-3H2,1H3,(H,8,9)(H,10,11);1H/t4-;/m0./s1. The van der Waals surface area contributed by atoms with E-state index >= 15 is 0 Å². The molecule has 0 spiro atoms. The van der Waals surface area contributed by atoms with Gasteiger partial charge in [0.05, 0.1) is 0 Å². The molecule has 0 heterocycles. The first-order chi connectivity index (χ1) is 5.07. The fourth-order valence-corrected chi connectivity index (χ4v) is 0.659. The average Bonchev–Trinajstić information content (AvgIpc) is 1.87. The van der Waals surface area contributed by atoms with Crippen LogP contribution in [0.1, 0.15) is 12.8 Å². The molecule has 0 saturated heterocycles. The zero-order valence-electron chi connectivity index (χ0n) is 6.61. The summed E-state index contributed by atoms with van der Waals surface area (Å²) in [6.45, 7) is 0. The number of aliphatic carboxylic acids is 2. The van der Waals surface area contributed by atoms with Gasteiger partial charge in [0.25, 0.3) is 0 Å². The van der Waals surface area contributed by atoms with E-state index in [4.69, 9.17) is 10.2 Å². The summed E-state index contributed by atoms with van der Waals surface area (Å²) >= 11 is 0. The van der Waals surface area contributed by atoms with Gasteiger partial charge in [-0.2, -0.15) is 0 Å². The molecule has 0 unspecified atom stereocenters. The zero-order valence-corrected chi connectivity index (χ0v) is 7.43. The van der Waals surface area contributed by atoms with Gasteiger partial charge < -0.3 is 15.5 Å². The van der Waals surface area contributed by atoms with Gasteiger partial charge in [0.1, 0.15) is 6.04 Å². The summed E-state index contributed by atoms with van der Waals surface area (Å²) < 4.78 is 0. The summed E-state index contributed by atoms with van der Waals surface area (Å²) in [7, 11) is 1.49. The first kappa shape index (κ1) is 13.8. The van der Waals surface area contributed by atoms with Crippen molar-refractivity contribution in [1.29, 1.82) is 0 Å². The van der Waals surface area contributed by atoms with Crippen LogP contribution in [0.15, 0.2) is 0 Å². The van der Waals surface area contributed by atoms with Crippen molar-refractivity contribution in [3.63, 3.8) is 0 Å². The first-order valence-corrected chi connectivity index (χ1v) is 3.19. The molecule has 0 rings (SSSR count). The zero-order chi connectivity index (χ0) is 8.85. The molecule has 0 amide bonds. The minimum atomic E-state index is -1.02. The van der Waals surface area contributed by atoms with Gasteiger partial charge in [-0.3, -0.25) is 9.59 Å². The average molecular weight is 198 g/mol. The molecule has 0 aliphatic carbocycles. The molecule has 0 aromatic heterocycles. The van der Waals surface area contributed by atoms with E-state index in [0.717, 1.165) is 0 Å². The van der Waals surface area contributed by atoms with Crippen molar-refractivity contribution in [2.75, 3.05) is 7.05 Å². The van der Waals surface area contributed by atoms with Crippen LogP contribution in [0.3, 0.4) is 0 Å². The Morgan fingerprint density at radius 1 is 1.42 bits per heavy atom. The highest BCUT2D eigenvalue weighted by Crippen LogP contribution is 1.96. The monoisotopic (exact) mass is 197 g/mol. The van der Waals surface area contributed by atoms with E-state index in [1.54, 1.807) is 0 Å². The quantitative estimate of drug-likeness (QED) is 0.575. The molecular formula is C6H12ClNO4. The lowest BCUT2D eigenvalue weighted by atomic mass is 10.1. The number of carboxylic acids is 2. The van der Waals surface area contributed by atoms with Gasteiger partial charge in [-0.15, -0.1) is 12.4 Å². The van der Waals surface area contributed by atoms with Crippen molar-refractivity contribution >= 4 is 24.3 Å². The fraction of sp³-hybridized carbons (Fsp3) is 0.667. The Balaban J connectivity index is 0. The Morgan fingerprint density at radius 2 is 1.92 bits per heavy atom. The molecule has 0 aromatic carbocycles. The molecule has 0 aliphatic heterocycles. The Labute approximate surface area is 76.2 Å². The third kappa shape index (κ3) is 5.94. The van der Waals surface area contributed by atoms with Gasteiger partial charge in [0, 0.05) is 6.42 Å². The summed E-state index contributed by atoms with van der Waals surface area (Å²) in [6.07, 6.45) is -0.0149. The summed E-state index contributed by atoms with van der Waals surface area (Å²) in [5.74, 6) is -2.00. The molecule has 0 saturated carbocycles. The number of likely N-dealkylation sites (N-methyl/N-ethyl adjacent to an activating group) is 1. The molecule has 0 aromatic rings. The lowest BCUT2D eigenvalue weighted by molar-refractivity contribution is -0.140. The minimum Gasteiger partial charge on any atom is -0.481 e. The van der Waals surface area contributed by atoms with E-state index in [9.17, 15) is 9.59 Å². The van der Waals surface area contributed by atoms with E-state index in [1.807, 2.05) is 0 Å². The Hall–Kier alpha value is -0.810. The first-order valence-electron chi connectivity index (χ1n) is 3.19. The lowest BCUT2D eigenvalue weighted by Crippen LogP contribution is -2.34. The Morgan fingerprint density at radius 3 is 2.17 bits per heavy atom. The van der Waals surface area contributed by atoms with Crippen LogP contribution in [0.2, 0.25) is 0 Å². The largest absolute Gasteiger partial charge is 0.481 e. The maximum Gasteiger partial charge on any atom is 0.320 e. The molecule has 0 fully saturated rings. The highest BCUT2D eigenvalue weighted by molar-refractivity contribution is 5.85.